The Morgan fingerprint density at radius 1 is 0.952 bits per heavy atom. The first-order chi connectivity index (χ1) is 9.97. The molecular formula is C17H18N2O2. The molecule has 0 aliphatic rings. The predicted molar refractivity (Wildman–Crippen MR) is 84.5 cm³/mol. The molecule has 0 saturated carbocycles. The highest BCUT2D eigenvalue weighted by Crippen LogP contribution is 2.18. The van der Waals surface area contributed by atoms with E-state index in [-0.39, 0.29) is 5.91 Å². The Morgan fingerprint density at radius 3 is 2.14 bits per heavy atom. The highest BCUT2D eigenvalue weighted by atomic mass is 16.2. The highest BCUT2D eigenvalue weighted by Gasteiger charge is 2.20. The number of aryl methyl sites for hydroxylation is 2. The third kappa shape index (κ3) is 3.69. The van der Waals surface area contributed by atoms with Gasteiger partial charge in [-0.15, -0.1) is 0 Å². The maximum atomic E-state index is 12.4. The van der Waals surface area contributed by atoms with Crippen LogP contribution in [0.5, 0.6) is 0 Å². The fourth-order valence-corrected chi connectivity index (χ4v) is 2.11. The van der Waals surface area contributed by atoms with Gasteiger partial charge < -0.3 is 5.32 Å². The second kappa shape index (κ2) is 6.22. The Bertz CT molecular complexity index is 680. The standard InChI is InChI=1S/C17H18N2O2/c1-12-6-4-8-15(10-12)18-17(21)19(14(3)20)16-9-5-7-13(2)11-16/h4-11H,1-3H3,(H,18,21). The summed E-state index contributed by atoms with van der Waals surface area (Å²) in [6, 6.07) is 14.3. The zero-order valence-corrected chi connectivity index (χ0v) is 12.4. The van der Waals surface area contributed by atoms with Crippen LogP contribution in [0.2, 0.25) is 0 Å². The van der Waals surface area contributed by atoms with Crippen molar-refractivity contribution in [3.05, 3.63) is 59.7 Å². The molecule has 0 atom stereocenters. The van der Waals surface area contributed by atoms with Crippen LogP contribution in [0.3, 0.4) is 0 Å². The van der Waals surface area contributed by atoms with E-state index in [9.17, 15) is 9.59 Å². The van der Waals surface area contributed by atoms with E-state index in [1.807, 2.05) is 44.2 Å². The lowest BCUT2D eigenvalue weighted by atomic mass is 10.2. The van der Waals surface area contributed by atoms with E-state index < -0.39 is 6.03 Å². The van der Waals surface area contributed by atoms with Crippen molar-refractivity contribution in [1.82, 2.24) is 0 Å². The van der Waals surface area contributed by atoms with Crippen LogP contribution in [-0.4, -0.2) is 11.9 Å². The lowest BCUT2D eigenvalue weighted by Gasteiger charge is -2.20. The molecule has 2 aromatic carbocycles. The monoisotopic (exact) mass is 282 g/mol. The molecule has 3 amide bonds. The summed E-state index contributed by atoms with van der Waals surface area (Å²) in [7, 11) is 0. The van der Waals surface area contributed by atoms with Crippen molar-refractivity contribution in [2.45, 2.75) is 20.8 Å². The van der Waals surface area contributed by atoms with E-state index in [1.165, 1.54) is 6.92 Å². The van der Waals surface area contributed by atoms with Crippen LogP contribution < -0.4 is 10.2 Å². The minimum absolute atomic E-state index is 0.328. The SMILES string of the molecule is CC(=O)N(C(=O)Nc1cccc(C)c1)c1cccc(C)c1. The minimum Gasteiger partial charge on any atom is -0.307 e. The van der Waals surface area contributed by atoms with Gasteiger partial charge in [-0.2, -0.15) is 0 Å². The Kier molecular flexibility index (Phi) is 4.38. The average Bonchev–Trinajstić information content (AvgIpc) is 2.38. The molecule has 2 rings (SSSR count). The number of imide groups is 1. The van der Waals surface area contributed by atoms with Gasteiger partial charge in [0.1, 0.15) is 0 Å². The molecular weight excluding hydrogens is 264 g/mol. The highest BCUT2D eigenvalue weighted by molar-refractivity contribution is 6.17. The van der Waals surface area contributed by atoms with Gasteiger partial charge in [0, 0.05) is 12.6 Å². The number of anilines is 2. The predicted octanol–water partition coefficient (Wildman–Crippen LogP) is 3.89. The first-order valence-electron chi connectivity index (χ1n) is 6.72. The van der Waals surface area contributed by atoms with Crippen LogP contribution in [0.4, 0.5) is 16.2 Å². The molecule has 4 nitrogen and oxygen atoms in total. The van der Waals surface area contributed by atoms with Crippen LogP contribution in [0.15, 0.2) is 48.5 Å². The van der Waals surface area contributed by atoms with E-state index >= 15 is 0 Å². The van der Waals surface area contributed by atoms with E-state index in [4.69, 9.17) is 0 Å². The average molecular weight is 282 g/mol. The molecule has 0 bridgehead atoms. The number of amides is 3. The van der Waals surface area contributed by atoms with Crippen LogP contribution >= 0.6 is 0 Å². The van der Waals surface area contributed by atoms with Gasteiger partial charge in [0.05, 0.1) is 5.69 Å². The number of nitrogens with zero attached hydrogens (tertiary/aromatic N) is 1. The Morgan fingerprint density at radius 2 is 1.57 bits per heavy atom. The van der Waals surface area contributed by atoms with Gasteiger partial charge in [-0.05, 0) is 49.2 Å². The van der Waals surface area contributed by atoms with Crippen molar-refractivity contribution < 1.29 is 9.59 Å². The maximum absolute atomic E-state index is 12.4. The molecule has 0 heterocycles. The molecule has 2 aromatic rings. The first-order valence-corrected chi connectivity index (χ1v) is 6.72. The van der Waals surface area contributed by atoms with Crippen LogP contribution in [0.25, 0.3) is 0 Å². The third-order valence-electron chi connectivity index (χ3n) is 3.05. The summed E-state index contributed by atoms with van der Waals surface area (Å²) in [6.07, 6.45) is 0. The summed E-state index contributed by atoms with van der Waals surface area (Å²) in [5, 5.41) is 2.75. The molecule has 0 radical (unpaired) electrons. The maximum Gasteiger partial charge on any atom is 0.333 e. The molecule has 0 aromatic heterocycles. The molecule has 0 fully saturated rings. The fraction of sp³-hybridized carbons (Fsp3) is 0.176. The number of urea groups is 1. The first kappa shape index (κ1) is 14.8. The van der Waals surface area contributed by atoms with Crippen molar-refractivity contribution in [2.75, 3.05) is 10.2 Å². The van der Waals surface area contributed by atoms with Crippen molar-refractivity contribution in [2.24, 2.45) is 0 Å². The summed E-state index contributed by atoms with van der Waals surface area (Å²) in [5.74, 6) is -0.328. The largest absolute Gasteiger partial charge is 0.333 e. The van der Waals surface area contributed by atoms with E-state index in [0.717, 1.165) is 16.0 Å². The van der Waals surface area contributed by atoms with Crippen molar-refractivity contribution >= 4 is 23.3 Å². The molecule has 0 unspecified atom stereocenters. The van der Waals surface area contributed by atoms with E-state index in [2.05, 4.69) is 5.32 Å². The Balaban J connectivity index is 2.26. The number of hydrogen-bond acceptors (Lipinski definition) is 2. The number of carbonyl (C=O) groups is 2. The lowest BCUT2D eigenvalue weighted by molar-refractivity contribution is -0.115. The zero-order chi connectivity index (χ0) is 15.4. The number of benzene rings is 2. The molecule has 1 N–H and O–H groups in total. The summed E-state index contributed by atoms with van der Waals surface area (Å²) in [4.78, 5) is 25.3. The van der Waals surface area contributed by atoms with Gasteiger partial charge in [-0.3, -0.25) is 4.79 Å². The van der Waals surface area contributed by atoms with Gasteiger partial charge in [0.15, 0.2) is 0 Å². The van der Waals surface area contributed by atoms with Gasteiger partial charge in [-0.25, -0.2) is 9.69 Å². The summed E-state index contributed by atoms with van der Waals surface area (Å²) < 4.78 is 0. The molecule has 4 heteroatoms. The Hall–Kier alpha value is -2.62. The Labute approximate surface area is 124 Å². The minimum atomic E-state index is -0.460. The number of nitrogens with one attached hydrogen (secondary N) is 1. The normalized spacial score (nSPS) is 10.0. The molecule has 0 aliphatic carbocycles. The van der Waals surface area contributed by atoms with Crippen molar-refractivity contribution in [3.63, 3.8) is 0 Å². The number of carbonyl (C=O) groups excluding carboxylic acids is 2. The number of hydrogen-bond donors (Lipinski definition) is 1. The lowest BCUT2D eigenvalue weighted by Crippen LogP contribution is -2.38. The zero-order valence-electron chi connectivity index (χ0n) is 12.4. The van der Waals surface area contributed by atoms with Gasteiger partial charge in [0.2, 0.25) is 5.91 Å². The molecule has 108 valence electrons. The topological polar surface area (TPSA) is 49.4 Å². The fourth-order valence-electron chi connectivity index (χ4n) is 2.11. The van der Waals surface area contributed by atoms with Gasteiger partial charge in [0.25, 0.3) is 0 Å². The smallest absolute Gasteiger partial charge is 0.307 e. The molecule has 21 heavy (non-hydrogen) atoms. The third-order valence-corrected chi connectivity index (χ3v) is 3.05. The van der Waals surface area contributed by atoms with E-state index in [0.29, 0.717) is 11.4 Å². The molecule has 0 saturated heterocycles. The number of rotatable bonds is 2. The summed E-state index contributed by atoms with van der Waals surface area (Å²) >= 11 is 0. The van der Waals surface area contributed by atoms with Crippen molar-refractivity contribution in [3.8, 4) is 0 Å². The van der Waals surface area contributed by atoms with Gasteiger partial charge in [-0.1, -0.05) is 24.3 Å². The second-order valence-electron chi connectivity index (χ2n) is 4.99. The van der Waals surface area contributed by atoms with Crippen LogP contribution in [0.1, 0.15) is 18.1 Å². The summed E-state index contributed by atoms with van der Waals surface area (Å²) in [5.41, 5.74) is 3.26. The van der Waals surface area contributed by atoms with Crippen LogP contribution in [-0.2, 0) is 4.79 Å². The van der Waals surface area contributed by atoms with Crippen LogP contribution in [0, 0.1) is 13.8 Å². The quantitative estimate of drug-likeness (QED) is 0.908. The molecule has 0 aliphatic heterocycles. The van der Waals surface area contributed by atoms with Gasteiger partial charge >= 0.3 is 6.03 Å². The van der Waals surface area contributed by atoms with E-state index in [1.54, 1.807) is 18.2 Å². The second-order valence-corrected chi connectivity index (χ2v) is 4.99. The summed E-state index contributed by atoms with van der Waals surface area (Å²) in [6.45, 7) is 5.23. The van der Waals surface area contributed by atoms with Crippen molar-refractivity contribution in [1.29, 1.82) is 0 Å². The molecule has 0 spiro atoms.